The molecule has 0 fully saturated rings. The van der Waals surface area contributed by atoms with Gasteiger partial charge in [0.05, 0.1) is 24.9 Å². The standard InChI is InChI=1S/C6H4N2O.C5H4N4/c1-2-5-6(9-3-1)4-7-8-5;1-5-4(2-8-9-5)7-3-6-1/h1-4H;1-3H,(H,8,9). The van der Waals surface area contributed by atoms with Gasteiger partial charge in [-0.15, -0.1) is 5.10 Å². The van der Waals surface area contributed by atoms with Gasteiger partial charge in [-0.1, -0.05) is 0 Å². The molecule has 18 heavy (non-hydrogen) atoms. The number of nitrogens with zero attached hydrogens (tertiary/aromatic N) is 5. The van der Waals surface area contributed by atoms with E-state index in [0.29, 0.717) is 0 Å². The second-order valence-electron chi connectivity index (χ2n) is 3.40. The highest BCUT2D eigenvalue weighted by molar-refractivity contribution is 5.71. The van der Waals surface area contributed by atoms with Crippen molar-refractivity contribution in [2.45, 2.75) is 0 Å². The molecule has 0 aliphatic carbocycles. The van der Waals surface area contributed by atoms with Crippen LogP contribution >= 0.6 is 0 Å². The Kier molecular flexibility index (Phi) is 2.63. The molecule has 0 spiro atoms. The van der Waals surface area contributed by atoms with Crippen molar-refractivity contribution in [2.24, 2.45) is 0 Å². The summed E-state index contributed by atoms with van der Waals surface area (Å²) in [5, 5.41) is 14.0. The van der Waals surface area contributed by atoms with Crippen molar-refractivity contribution < 1.29 is 4.42 Å². The molecule has 2 aromatic heterocycles. The van der Waals surface area contributed by atoms with Crippen molar-refractivity contribution in [1.29, 1.82) is 0 Å². The lowest BCUT2D eigenvalue weighted by atomic mass is 10.3. The maximum Gasteiger partial charge on any atom is 0.174 e. The van der Waals surface area contributed by atoms with E-state index in [1.54, 1.807) is 30.9 Å². The summed E-state index contributed by atoms with van der Waals surface area (Å²) in [7, 11) is 0. The minimum Gasteiger partial charge on any atom is -0.461 e. The lowest BCUT2D eigenvalue weighted by molar-refractivity contribution is 0.565. The van der Waals surface area contributed by atoms with E-state index in [9.17, 15) is 0 Å². The average molecular weight is 240 g/mol. The number of rotatable bonds is 0. The zero-order valence-corrected chi connectivity index (χ0v) is 9.19. The second kappa shape index (κ2) is 4.58. The van der Waals surface area contributed by atoms with Gasteiger partial charge in [-0.3, -0.25) is 5.10 Å². The van der Waals surface area contributed by atoms with Gasteiger partial charge >= 0.3 is 0 Å². The second-order valence-corrected chi connectivity index (χ2v) is 3.40. The Morgan fingerprint density at radius 2 is 2.17 bits per heavy atom. The molecule has 0 radical (unpaired) electrons. The van der Waals surface area contributed by atoms with E-state index in [0.717, 1.165) is 22.5 Å². The van der Waals surface area contributed by atoms with Crippen molar-refractivity contribution in [1.82, 2.24) is 30.4 Å². The van der Waals surface area contributed by atoms with Gasteiger partial charge in [0.15, 0.2) is 5.76 Å². The molecule has 2 aliphatic heterocycles. The summed E-state index contributed by atoms with van der Waals surface area (Å²) in [4.78, 5) is 7.74. The molecule has 2 aromatic rings. The molecule has 0 aromatic carbocycles. The van der Waals surface area contributed by atoms with Gasteiger partial charge in [-0.25, -0.2) is 9.97 Å². The van der Waals surface area contributed by atoms with Crippen LogP contribution in [0.3, 0.4) is 0 Å². The Labute approximate surface area is 101 Å². The number of fused-ring (bicyclic) bond motifs is 2. The number of hydrogen-bond donors (Lipinski definition) is 1. The molecule has 4 heterocycles. The minimum atomic E-state index is 0.734. The Balaban J connectivity index is 0.000000111. The van der Waals surface area contributed by atoms with E-state index < -0.39 is 0 Å². The first-order valence-corrected chi connectivity index (χ1v) is 5.17. The smallest absolute Gasteiger partial charge is 0.174 e. The molecule has 0 saturated carbocycles. The van der Waals surface area contributed by atoms with Crippen LogP contribution in [0.4, 0.5) is 0 Å². The molecular formula is C11H8N6O. The van der Waals surface area contributed by atoms with Crippen LogP contribution in [-0.2, 0) is 0 Å². The first kappa shape index (κ1) is 10.3. The molecule has 0 atom stereocenters. The summed E-state index contributed by atoms with van der Waals surface area (Å²) >= 11 is 0. The molecule has 0 amide bonds. The number of aromatic nitrogens is 6. The van der Waals surface area contributed by atoms with Crippen LogP contribution in [0, 0.1) is 0 Å². The van der Waals surface area contributed by atoms with E-state index in [-0.39, 0.29) is 0 Å². The SMILES string of the molecule is c1coc2cnnc-2c1.c1ncc2[nH]ncc2n1. The van der Waals surface area contributed by atoms with Gasteiger partial charge < -0.3 is 4.42 Å². The van der Waals surface area contributed by atoms with Crippen LogP contribution in [0.25, 0.3) is 22.5 Å². The minimum absolute atomic E-state index is 0.734. The van der Waals surface area contributed by atoms with E-state index in [1.807, 2.05) is 6.07 Å². The molecule has 0 unspecified atom stereocenters. The Bertz CT molecular complexity index is 660. The van der Waals surface area contributed by atoms with Crippen molar-refractivity contribution in [3.8, 4) is 11.5 Å². The first-order chi connectivity index (χ1) is 8.93. The molecule has 7 nitrogen and oxygen atoms in total. The topological polar surface area (TPSA) is 93.4 Å². The number of hydrogen-bond acceptors (Lipinski definition) is 6. The van der Waals surface area contributed by atoms with Gasteiger partial charge in [0, 0.05) is 0 Å². The van der Waals surface area contributed by atoms with Crippen LogP contribution in [0.1, 0.15) is 0 Å². The summed E-state index contributed by atoms with van der Waals surface area (Å²) in [6.07, 6.45) is 8.05. The predicted octanol–water partition coefficient (Wildman–Crippen LogP) is 1.53. The van der Waals surface area contributed by atoms with Crippen molar-refractivity contribution in [3.63, 3.8) is 0 Å². The van der Waals surface area contributed by atoms with Crippen molar-refractivity contribution in [3.05, 3.63) is 43.3 Å². The summed E-state index contributed by atoms with van der Waals surface area (Å²) in [6.45, 7) is 0. The molecule has 4 rings (SSSR count). The van der Waals surface area contributed by atoms with Crippen LogP contribution in [0.2, 0.25) is 0 Å². The molecule has 88 valence electrons. The Morgan fingerprint density at radius 3 is 3.06 bits per heavy atom. The zero-order chi connectivity index (χ0) is 12.2. The first-order valence-electron chi connectivity index (χ1n) is 5.17. The lowest BCUT2D eigenvalue weighted by Crippen LogP contribution is -1.74. The van der Waals surface area contributed by atoms with Crippen LogP contribution in [-0.4, -0.2) is 30.4 Å². The zero-order valence-electron chi connectivity index (χ0n) is 9.19. The monoisotopic (exact) mass is 240 g/mol. The van der Waals surface area contributed by atoms with Gasteiger partial charge in [0.2, 0.25) is 0 Å². The summed E-state index contributed by atoms with van der Waals surface area (Å²) in [5.74, 6) is 0.734. The highest BCUT2D eigenvalue weighted by atomic mass is 16.3. The number of nitrogens with one attached hydrogen (secondary N) is 1. The van der Waals surface area contributed by atoms with Crippen molar-refractivity contribution in [2.75, 3.05) is 0 Å². The maximum atomic E-state index is 5.03. The van der Waals surface area contributed by atoms with E-state index in [2.05, 4.69) is 30.4 Å². The van der Waals surface area contributed by atoms with Gasteiger partial charge in [-0.05, 0) is 12.1 Å². The third-order valence-corrected chi connectivity index (χ3v) is 2.24. The fourth-order valence-electron chi connectivity index (χ4n) is 1.40. The summed E-state index contributed by atoms with van der Waals surface area (Å²) in [6, 6.07) is 3.64. The molecule has 0 saturated heterocycles. The van der Waals surface area contributed by atoms with Crippen LogP contribution in [0.15, 0.2) is 47.7 Å². The third kappa shape index (κ3) is 2.01. The molecule has 1 N–H and O–H groups in total. The Morgan fingerprint density at radius 1 is 1.17 bits per heavy atom. The number of H-pyrrole nitrogens is 1. The van der Waals surface area contributed by atoms with Gasteiger partial charge in [-0.2, -0.15) is 10.2 Å². The predicted molar refractivity (Wildman–Crippen MR) is 62.6 cm³/mol. The van der Waals surface area contributed by atoms with Gasteiger partial charge in [0.1, 0.15) is 23.1 Å². The normalized spacial score (nSPS) is 10.2. The fraction of sp³-hybridized carbons (Fsp3) is 0. The van der Waals surface area contributed by atoms with E-state index in [4.69, 9.17) is 4.42 Å². The van der Waals surface area contributed by atoms with E-state index in [1.165, 1.54) is 6.33 Å². The molecule has 0 bridgehead atoms. The van der Waals surface area contributed by atoms with Crippen LogP contribution < -0.4 is 0 Å². The van der Waals surface area contributed by atoms with Crippen molar-refractivity contribution >= 4 is 11.0 Å². The average Bonchev–Trinajstić information content (AvgIpc) is 3.08. The lowest BCUT2D eigenvalue weighted by Gasteiger charge is -1.88. The third-order valence-electron chi connectivity index (χ3n) is 2.24. The largest absolute Gasteiger partial charge is 0.461 e. The van der Waals surface area contributed by atoms with Crippen LogP contribution in [0.5, 0.6) is 0 Å². The molecule has 7 heteroatoms. The fourth-order valence-corrected chi connectivity index (χ4v) is 1.40. The quantitative estimate of drug-likeness (QED) is 0.501. The summed E-state index contributed by atoms with van der Waals surface area (Å²) < 4.78 is 5.03. The highest BCUT2D eigenvalue weighted by Crippen LogP contribution is 2.15. The Hall–Kier alpha value is -2.83. The molecule has 2 aliphatic rings. The maximum absolute atomic E-state index is 5.03. The van der Waals surface area contributed by atoms with Gasteiger partial charge in [0.25, 0.3) is 0 Å². The highest BCUT2D eigenvalue weighted by Gasteiger charge is 2.02. The summed E-state index contributed by atoms with van der Waals surface area (Å²) in [5.41, 5.74) is 2.53. The number of aromatic amines is 1. The van der Waals surface area contributed by atoms with E-state index >= 15 is 0 Å². The molecular weight excluding hydrogens is 232 g/mol.